The second-order valence-electron chi connectivity index (χ2n) is 8.59. The molecule has 7 nitrogen and oxygen atoms in total. The number of amides is 2. The number of hydrogen-bond donors (Lipinski definition) is 2. The molecular weight excluding hydrogens is 412 g/mol. The summed E-state index contributed by atoms with van der Waals surface area (Å²) in [4.78, 5) is 32.5. The fourth-order valence-electron chi connectivity index (χ4n) is 3.84. The Morgan fingerprint density at radius 2 is 1.90 bits per heavy atom. The molecule has 0 unspecified atom stereocenters. The van der Waals surface area contributed by atoms with Crippen molar-refractivity contribution in [2.24, 2.45) is 5.92 Å². The van der Waals surface area contributed by atoms with E-state index in [1.165, 1.54) is 11.3 Å². The molecule has 3 atom stereocenters. The number of rotatable bonds is 7. The van der Waals surface area contributed by atoms with Gasteiger partial charge in [-0.3, -0.25) is 14.5 Å². The molecule has 0 aliphatic carbocycles. The number of hydrogen-bond acceptors (Lipinski definition) is 6. The van der Waals surface area contributed by atoms with E-state index in [0.717, 1.165) is 30.9 Å². The average Bonchev–Trinajstić information content (AvgIpc) is 3.11. The van der Waals surface area contributed by atoms with Crippen molar-refractivity contribution in [1.82, 2.24) is 15.2 Å². The zero-order valence-corrected chi connectivity index (χ0v) is 19.7. The van der Waals surface area contributed by atoms with Gasteiger partial charge < -0.3 is 15.4 Å². The minimum Gasteiger partial charge on any atom is -0.373 e. The topological polar surface area (TPSA) is 83.6 Å². The number of carbonyl (C=O) groups is 2. The van der Waals surface area contributed by atoms with E-state index in [0.29, 0.717) is 10.7 Å². The molecule has 0 bridgehead atoms. The number of morpholine rings is 1. The van der Waals surface area contributed by atoms with E-state index >= 15 is 0 Å². The molecule has 0 saturated carbocycles. The summed E-state index contributed by atoms with van der Waals surface area (Å²) < 4.78 is 5.78. The Balaban J connectivity index is 1.61. The van der Waals surface area contributed by atoms with Crippen molar-refractivity contribution < 1.29 is 14.3 Å². The molecule has 2 heterocycles. The summed E-state index contributed by atoms with van der Waals surface area (Å²) in [6.45, 7) is 12.3. The van der Waals surface area contributed by atoms with Gasteiger partial charge in [0.05, 0.1) is 17.9 Å². The third-order valence-corrected chi connectivity index (χ3v) is 6.09. The van der Waals surface area contributed by atoms with E-state index in [2.05, 4.69) is 34.4 Å². The Bertz CT molecular complexity index is 904. The van der Waals surface area contributed by atoms with Gasteiger partial charge >= 0.3 is 0 Å². The fraction of sp³-hybridized carbons (Fsp3) is 0.522. The third-order valence-electron chi connectivity index (χ3n) is 5.29. The van der Waals surface area contributed by atoms with Crippen molar-refractivity contribution in [2.75, 3.05) is 18.4 Å². The van der Waals surface area contributed by atoms with Gasteiger partial charge in [-0.15, -0.1) is 11.3 Å². The predicted octanol–water partition coefficient (Wildman–Crippen LogP) is 3.45. The Hall–Kier alpha value is -2.29. The number of carbonyl (C=O) groups excluding carboxylic acids is 2. The first kappa shape index (κ1) is 23.4. The number of benzene rings is 1. The van der Waals surface area contributed by atoms with Gasteiger partial charge in [0.25, 0.3) is 5.91 Å². The van der Waals surface area contributed by atoms with Gasteiger partial charge in [0, 0.05) is 30.6 Å². The van der Waals surface area contributed by atoms with E-state index in [4.69, 9.17) is 4.74 Å². The lowest BCUT2D eigenvalue weighted by atomic mass is 10.0. The van der Waals surface area contributed by atoms with Crippen molar-refractivity contribution in [2.45, 2.75) is 59.4 Å². The smallest absolute Gasteiger partial charge is 0.252 e. The van der Waals surface area contributed by atoms with E-state index in [1.54, 1.807) is 6.07 Å². The zero-order chi connectivity index (χ0) is 22.5. The zero-order valence-electron chi connectivity index (χ0n) is 18.8. The average molecular weight is 445 g/mol. The highest BCUT2D eigenvalue weighted by Gasteiger charge is 2.26. The van der Waals surface area contributed by atoms with Crippen molar-refractivity contribution in [3.63, 3.8) is 0 Å². The summed E-state index contributed by atoms with van der Waals surface area (Å²) in [6, 6.07) is 6.70. The molecule has 168 valence electrons. The first-order chi connectivity index (χ1) is 14.7. The van der Waals surface area contributed by atoms with E-state index in [1.807, 2.05) is 44.4 Å². The summed E-state index contributed by atoms with van der Waals surface area (Å²) in [6.07, 6.45) is 0.399. The highest BCUT2D eigenvalue weighted by Crippen LogP contribution is 2.20. The van der Waals surface area contributed by atoms with E-state index in [-0.39, 0.29) is 29.9 Å². The molecule has 1 fully saturated rings. The van der Waals surface area contributed by atoms with Gasteiger partial charge in [0.2, 0.25) is 5.91 Å². The van der Waals surface area contributed by atoms with Crippen LogP contribution in [0.5, 0.6) is 0 Å². The quantitative estimate of drug-likeness (QED) is 0.683. The van der Waals surface area contributed by atoms with Gasteiger partial charge in [-0.25, -0.2) is 4.98 Å². The van der Waals surface area contributed by atoms with E-state index < -0.39 is 6.04 Å². The van der Waals surface area contributed by atoms with Crippen LogP contribution in [0, 0.1) is 12.8 Å². The highest BCUT2D eigenvalue weighted by molar-refractivity contribution is 7.13. The molecule has 2 amide bonds. The van der Waals surface area contributed by atoms with Crippen LogP contribution in [0.4, 0.5) is 5.13 Å². The van der Waals surface area contributed by atoms with E-state index in [9.17, 15) is 9.59 Å². The molecule has 2 N–H and O–H groups in total. The second-order valence-corrected chi connectivity index (χ2v) is 9.45. The highest BCUT2D eigenvalue weighted by atomic mass is 32.1. The van der Waals surface area contributed by atoms with Crippen LogP contribution >= 0.6 is 11.3 Å². The molecule has 1 aliphatic heterocycles. The Morgan fingerprint density at radius 1 is 1.23 bits per heavy atom. The summed E-state index contributed by atoms with van der Waals surface area (Å²) in [5.41, 5.74) is 2.37. The van der Waals surface area contributed by atoms with Gasteiger partial charge in [0.15, 0.2) is 5.13 Å². The minimum atomic E-state index is -0.652. The molecule has 8 heteroatoms. The van der Waals surface area contributed by atoms with Gasteiger partial charge in [0.1, 0.15) is 6.04 Å². The molecular formula is C23H32N4O3S. The largest absolute Gasteiger partial charge is 0.373 e. The first-order valence-electron chi connectivity index (χ1n) is 10.7. The van der Waals surface area contributed by atoms with Crippen LogP contribution in [0.15, 0.2) is 29.6 Å². The van der Waals surface area contributed by atoms with Gasteiger partial charge in [-0.1, -0.05) is 32.0 Å². The number of anilines is 1. The van der Waals surface area contributed by atoms with Crippen molar-refractivity contribution >= 4 is 28.3 Å². The molecule has 0 radical (unpaired) electrons. The fourth-order valence-corrected chi connectivity index (χ4v) is 4.55. The van der Waals surface area contributed by atoms with Crippen LogP contribution in [-0.4, -0.2) is 53.0 Å². The van der Waals surface area contributed by atoms with Crippen molar-refractivity contribution in [3.05, 3.63) is 46.5 Å². The molecule has 1 saturated heterocycles. The Kier molecular flexibility index (Phi) is 7.80. The Labute approximate surface area is 188 Å². The van der Waals surface area contributed by atoms with Crippen molar-refractivity contribution in [1.29, 1.82) is 0 Å². The first-order valence-corrected chi connectivity index (χ1v) is 11.6. The number of aromatic nitrogens is 1. The van der Waals surface area contributed by atoms with Crippen LogP contribution in [0.25, 0.3) is 0 Å². The molecule has 1 aromatic heterocycles. The summed E-state index contributed by atoms with van der Waals surface area (Å²) >= 11 is 1.40. The Morgan fingerprint density at radius 3 is 2.55 bits per heavy atom. The van der Waals surface area contributed by atoms with Crippen molar-refractivity contribution in [3.8, 4) is 0 Å². The molecule has 0 spiro atoms. The lowest BCUT2D eigenvalue weighted by molar-refractivity contribution is -0.118. The monoisotopic (exact) mass is 444 g/mol. The normalized spacial score (nSPS) is 20.5. The number of nitrogens with zero attached hydrogens (tertiary/aromatic N) is 2. The lowest BCUT2D eigenvalue weighted by Crippen LogP contribution is -2.47. The maximum Gasteiger partial charge on any atom is 0.252 e. The summed E-state index contributed by atoms with van der Waals surface area (Å²) in [5.74, 6) is -0.572. The number of ether oxygens (including phenoxy) is 1. The molecule has 31 heavy (non-hydrogen) atoms. The number of aryl methyl sites for hydroxylation is 1. The number of nitrogens with one attached hydrogen (secondary N) is 2. The molecule has 1 aliphatic rings. The standard InChI is InChI=1S/C23H32N4O3S/c1-14(2)20(25-21(28)19-9-7-6-8-15(19)3)22(29)26-23-24-18(13-31-23)12-27-10-16(4)30-17(5)11-27/h6-9,13-14,16-17,20H,10-12H2,1-5H3,(H,25,28)(H,24,26,29)/t16-,17-,20-/m0/s1. The number of thiazole rings is 1. The second kappa shape index (κ2) is 10.3. The van der Waals surface area contributed by atoms with Crippen LogP contribution < -0.4 is 10.6 Å². The molecule has 2 aromatic rings. The van der Waals surface area contributed by atoms with Crippen LogP contribution in [-0.2, 0) is 16.1 Å². The van der Waals surface area contributed by atoms with Gasteiger partial charge in [-0.2, -0.15) is 0 Å². The summed E-state index contributed by atoms with van der Waals surface area (Å²) in [7, 11) is 0. The summed E-state index contributed by atoms with van der Waals surface area (Å²) in [5, 5.41) is 8.28. The molecule has 1 aromatic carbocycles. The molecule has 3 rings (SSSR count). The van der Waals surface area contributed by atoms with Crippen LogP contribution in [0.1, 0.15) is 49.3 Å². The van der Waals surface area contributed by atoms with Crippen LogP contribution in [0.3, 0.4) is 0 Å². The maximum atomic E-state index is 12.9. The lowest BCUT2D eigenvalue weighted by Gasteiger charge is -2.34. The minimum absolute atomic E-state index is 0.0660. The predicted molar refractivity (Wildman–Crippen MR) is 123 cm³/mol. The third kappa shape index (κ3) is 6.35. The SMILES string of the molecule is Cc1ccccc1C(=O)N[C@H](C(=O)Nc1nc(CN2C[C@H](C)O[C@@H](C)C2)cs1)C(C)C. The maximum absolute atomic E-state index is 12.9. The van der Waals surface area contributed by atoms with Gasteiger partial charge in [-0.05, 0) is 38.3 Å². The van der Waals surface area contributed by atoms with Crippen LogP contribution in [0.2, 0.25) is 0 Å².